The van der Waals surface area contributed by atoms with Gasteiger partial charge in [0.05, 0.1) is 0 Å². The predicted molar refractivity (Wildman–Crippen MR) is 152 cm³/mol. The Kier molecular flexibility index (Phi) is 6.84. The smallest absolute Gasteiger partial charge is 0.157 e. The van der Waals surface area contributed by atoms with Crippen molar-refractivity contribution in [2.45, 2.75) is 51.1 Å². The SMILES string of the molecule is Cc1cc2c(N3CC4CCC(C3)N4)nc(CCCCN(C)Cl)nc2c(F)c1-c1cc(O)cc2ccccc12. The van der Waals surface area contributed by atoms with Crippen LogP contribution in [0.3, 0.4) is 0 Å². The van der Waals surface area contributed by atoms with Crippen molar-refractivity contribution in [3.05, 3.63) is 59.7 Å². The molecule has 3 aromatic carbocycles. The number of phenols is 1. The third-order valence-corrected chi connectivity index (χ3v) is 8.07. The van der Waals surface area contributed by atoms with Crippen LogP contribution in [-0.4, -0.2) is 58.3 Å². The lowest BCUT2D eigenvalue weighted by atomic mass is 9.92. The second kappa shape index (κ2) is 10.3. The number of nitrogens with zero attached hydrogens (tertiary/aromatic N) is 4. The summed E-state index contributed by atoms with van der Waals surface area (Å²) in [7, 11) is 1.84. The molecule has 1 aromatic heterocycles. The van der Waals surface area contributed by atoms with Gasteiger partial charge >= 0.3 is 0 Å². The van der Waals surface area contributed by atoms with E-state index in [1.165, 1.54) is 0 Å². The van der Waals surface area contributed by atoms with Crippen molar-refractivity contribution in [3.63, 3.8) is 0 Å². The highest BCUT2D eigenvalue weighted by atomic mass is 35.5. The quantitative estimate of drug-likeness (QED) is 0.226. The van der Waals surface area contributed by atoms with Crippen molar-refractivity contribution in [3.8, 4) is 16.9 Å². The number of unbranched alkanes of at least 4 members (excludes halogenated alkanes) is 1. The monoisotopic (exact) mass is 533 g/mol. The average molecular weight is 534 g/mol. The van der Waals surface area contributed by atoms with Crippen LogP contribution in [-0.2, 0) is 6.42 Å². The molecule has 2 aliphatic heterocycles. The van der Waals surface area contributed by atoms with Crippen LogP contribution >= 0.6 is 11.8 Å². The Morgan fingerprint density at radius 3 is 2.61 bits per heavy atom. The van der Waals surface area contributed by atoms with Crippen LogP contribution in [0.25, 0.3) is 32.8 Å². The molecular weight excluding hydrogens is 501 g/mol. The maximum Gasteiger partial charge on any atom is 0.157 e. The van der Waals surface area contributed by atoms with Gasteiger partial charge in [0, 0.05) is 56.1 Å². The van der Waals surface area contributed by atoms with Gasteiger partial charge in [-0.3, -0.25) is 0 Å². The number of nitrogens with one attached hydrogen (secondary N) is 1. The van der Waals surface area contributed by atoms with E-state index in [1.54, 1.807) is 16.6 Å². The van der Waals surface area contributed by atoms with Crippen LogP contribution in [0.2, 0.25) is 0 Å². The van der Waals surface area contributed by atoms with E-state index in [9.17, 15) is 5.11 Å². The van der Waals surface area contributed by atoms with E-state index in [0.717, 1.165) is 72.9 Å². The predicted octanol–water partition coefficient (Wildman–Crippen LogP) is 5.95. The fraction of sp³-hybridized carbons (Fsp3) is 0.400. The van der Waals surface area contributed by atoms with Crippen molar-refractivity contribution in [2.24, 2.45) is 0 Å². The number of hydrogen-bond acceptors (Lipinski definition) is 6. The van der Waals surface area contributed by atoms with Gasteiger partial charge in [0.15, 0.2) is 5.82 Å². The maximum atomic E-state index is 16.6. The van der Waals surface area contributed by atoms with Crippen molar-refractivity contribution < 1.29 is 9.50 Å². The third kappa shape index (κ3) is 4.79. The van der Waals surface area contributed by atoms with E-state index in [0.29, 0.717) is 41.0 Å². The molecule has 6 nitrogen and oxygen atoms in total. The summed E-state index contributed by atoms with van der Waals surface area (Å²) in [6, 6.07) is 14.0. The fourth-order valence-electron chi connectivity index (χ4n) is 6.15. The summed E-state index contributed by atoms with van der Waals surface area (Å²) in [5, 5.41) is 16.7. The zero-order valence-corrected chi connectivity index (χ0v) is 22.6. The van der Waals surface area contributed by atoms with Crippen LogP contribution < -0.4 is 10.2 Å². The molecule has 2 N–H and O–H groups in total. The summed E-state index contributed by atoms with van der Waals surface area (Å²) < 4.78 is 18.3. The first kappa shape index (κ1) is 25.3. The Hall–Kier alpha value is -3.00. The van der Waals surface area contributed by atoms with E-state index in [2.05, 4.69) is 10.2 Å². The number of aromatic hydroxyl groups is 1. The number of phenolic OH excluding ortho intramolecular Hbond substituents is 1. The van der Waals surface area contributed by atoms with Gasteiger partial charge in [-0.1, -0.05) is 24.3 Å². The molecule has 0 amide bonds. The van der Waals surface area contributed by atoms with Crippen LogP contribution in [0.1, 0.15) is 37.1 Å². The lowest BCUT2D eigenvalue weighted by Gasteiger charge is -2.34. The molecule has 0 saturated carbocycles. The first-order valence-corrected chi connectivity index (χ1v) is 13.8. The summed E-state index contributed by atoms with van der Waals surface area (Å²) in [5.41, 5.74) is 2.29. The summed E-state index contributed by atoms with van der Waals surface area (Å²) in [4.78, 5) is 12.1. The first-order valence-electron chi connectivity index (χ1n) is 13.5. The van der Waals surface area contributed by atoms with E-state index in [1.807, 2.05) is 44.3 Å². The number of rotatable bonds is 7. The van der Waals surface area contributed by atoms with Crippen LogP contribution in [0, 0.1) is 12.7 Å². The lowest BCUT2D eigenvalue weighted by molar-refractivity contribution is 0.463. The molecule has 2 atom stereocenters. The molecule has 4 aromatic rings. The molecule has 0 aliphatic carbocycles. The molecular formula is C30H33ClFN5O. The summed E-state index contributed by atoms with van der Waals surface area (Å²) >= 11 is 5.98. The number of hydrogen-bond donors (Lipinski definition) is 2. The molecule has 0 spiro atoms. The third-order valence-electron chi connectivity index (χ3n) is 7.90. The molecule has 2 aliphatic rings. The Morgan fingerprint density at radius 2 is 1.84 bits per heavy atom. The minimum Gasteiger partial charge on any atom is -0.508 e. The number of aryl methyl sites for hydroxylation is 2. The van der Waals surface area contributed by atoms with Gasteiger partial charge in [0.1, 0.15) is 22.9 Å². The number of piperazine rings is 1. The van der Waals surface area contributed by atoms with Gasteiger partial charge < -0.3 is 15.3 Å². The maximum absolute atomic E-state index is 16.6. The molecule has 2 saturated heterocycles. The first-order chi connectivity index (χ1) is 18.4. The van der Waals surface area contributed by atoms with Gasteiger partial charge in [-0.25, -0.2) is 18.8 Å². The molecule has 3 heterocycles. The zero-order chi connectivity index (χ0) is 26.4. The number of aromatic nitrogens is 2. The van der Waals surface area contributed by atoms with Crippen LogP contribution in [0.15, 0.2) is 42.5 Å². The van der Waals surface area contributed by atoms with Crippen LogP contribution in [0.4, 0.5) is 10.2 Å². The molecule has 2 fully saturated rings. The molecule has 2 unspecified atom stereocenters. The van der Waals surface area contributed by atoms with Crippen molar-refractivity contribution in [1.29, 1.82) is 0 Å². The zero-order valence-electron chi connectivity index (χ0n) is 21.8. The molecule has 2 bridgehead atoms. The highest BCUT2D eigenvalue weighted by Crippen LogP contribution is 2.40. The standard InChI is InChI=1S/C30H33ClFN5O/c1-18-13-25-29(28(32)27(18)24-15-22(38)14-19-7-3-4-8-23(19)24)34-26(9-5-6-12-36(2)31)35-30(25)37-16-20-10-11-21(17-37)33-20/h3-4,7-8,13-15,20-21,33,38H,5-6,9-12,16-17H2,1-2H3. The number of benzene rings is 3. The Bertz CT molecular complexity index is 1500. The molecule has 8 heteroatoms. The summed E-state index contributed by atoms with van der Waals surface area (Å²) in [6.07, 6.45) is 4.75. The molecule has 198 valence electrons. The largest absolute Gasteiger partial charge is 0.508 e. The van der Waals surface area contributed by atoms with E-state index < -0.39 is 0 Å². The van der Waals surface area contributed by atoms with Gasteiger partial charge in [-0.2, -0.15) is 0 Å². The normalized spacial score (nSPS) is 19.2. The molecule has 6 rings (SSSR count). The summed E-state index contributed by atoms with van der Waals surface area (Å²) in [5.74, 6) is 1.23. The fourth-order valence-corrected chi connectivity index (χ4v) is 6.27. The van der Waals surface area contributed by atoms with E-state index >= 15 is 4.39 Å². The second-order valence-electron chi connectivity index (χ2n) is 10.8. The molecule has 38 heavy (non-hydrogen) atoms. The van der Waals surface area contributed by atoms with Gasteiger partial charge in [0.2, 0.25) is 0 Å². The highest BCUT2D eigenvalue weighted by molar-refractivity contribution is 6.13. The minimum atomic E-state index is -0.362. The van der Waals surface area contributed by atoms with E-state index in [4.69, 9.17) is 21.7 Å². The number of fused-ring (bicyclic) bond motifs is 4. The Morgan fingerprint density at radius 1 is 1.08 bits per heavy atom. The topological polar surface area (TPSA) is 64.5 Å². The Balaban J connectivity index is 1.50. The highest BCUT2D eigenvalue weighted by Gasteiger charge is 2.34. The molecule has 0 radical (unpaired) electrons. The Labute approximate surface area is 227 Å². The average Bonchev–Trinajstić information content (AvgIpc) is 3.23. The summed E-state index contributed by atoms with van der Waals surface area (Å²) in [6.45, 7) is 4.42. The second-order valence-corrected chi connectivity index (χ2v) is 11.4. The van der Waals surface area contributed by atoms with E-state index in [-0.39, 0.29) is 11.6 Å². The number of halogens is 2. The van der Waals surface area contributed by atoms with Gasteiger partial charge in [-0.05, 0) is 84.5 Å². The van der Waals surface area contributed by atoms with Crippen LogP contribution in [0.5, 0.6) is 5.75 Å². The minimum absolute atomic E-state index is 0.113. The number of anilines is 1. The van der Waals surface area contributed by atoms with Gasteiger partial charge in [0.25, 0.3) is 0 Å². The van der Waals surface area contributed by atoms with Crippen molar-refractivity contribution in [1.82, 2.24) is 19.7 Å². The van der Waals surface area contributed by atoms with Crippen molar-refractivity contribution >= 4 is 39.3 Å². The van der Waals surface area contributed by atoms with Gasteiger partial charge in [-0.15, -0.1) is 0 Å². The lowest BCUT2D eigenvalue weighted by Crippen LogP contribution is -2.51. The van der Waals surface area contributed by atoms with Crippen molar-refractivity contribution in [2.75, 3.05) is 31.6 Å².